The number of hydrogen-bond donors (Lipinski definition) is 0. The maximum Gasteiger partial charge on any atom is 0.253 e. The van der Waals surface area contributed by atoms with Crippen molar-refractivity contribution in [2.24, 2.45) is 12.1 Å². The van der Waals surface area contributed by atoms with Gasteiger partial charge in [-0.25, -0.2) is 5.01 Å². The van der Waals surface area contributed by atoms with Gasteiger partial charge in [-0.15, -0.1) is 21.5 Å². The number of anilines is 1. The van der Waals surface area contributed by atoms with Gasteiger partial charge in [-0.3, -0.25) is 9.36 Å². The minimum absolute atomic E-state index is 0.0890. The third kappa shape index (κ3) is 4.12. The van der Waals surface area contributed by atoms with E-state index in [2.05, 4.69) is 20.2 Å². The predicted molar refractivity (Wildman–Crippen MR) is 119 cm³/mol. The third-order valence-corrected chi connectivity index (χ3v) is 7.20. The summed E-state index contributed by atoms with van der Waals surface area (Å²) in [5, 5.41) is 17.5. The number of hydrazone groups is 1. The first-order chi connectivity index (χ1) is 15.2. The van der Waals surface area contributed by atoms with Crippen molar-refractivity contribution in [2.45, 2.75) is 17.6 Å². The van der Waals surface area contributed by atoms with Gasteiger partial charge >= 0.3 is 0 Å². The van der Waals surface area contributed by atoms with Gasteiger partial charge in [0.25, 0.3) is 5.91 Å². The van der Waals surface area contributed by atoms with E-state index >= 15 is 0 Å². The van der Waals surface area contributed by atoms with Crippen molar-refractivity contribution in [3.05, 3.63) is 46.5 Å². The quantitative estimate of drug-likeness (QED) is 0.525. The van der Waals surface area contributed by atoms with E-state index in [1.807, 2.05) is 41.3 Å². The fourth-order valence-corrected chi connectivity index (χ4v) is 5.18. The number of morpholine rings is 1. The van der Waals surface area contributed by atoms with Crippen molar-refractivity contribution in [2.75, 3.05) is 37.0 Å². The van der Waals surface area contributed by atoms with Crippen LogP contribution in [0.3, 0.4) is 0 Å². The van der Waals surface area contributed by atoms with E-state index < -0.39 is 0 Å². The minimum Gasteiger partial charge on any atom is -0.467 e. The van der Waals surface area contributed by atoms with E-state index in [9.17, 15) is 4.79 Å². The number of amides is 1. The number of furan rings is 1. The maximum absolute atomic E-state index is 13.1. The van der Waals surface area contributed by atoms with Crippen LogP contribution in [0.2, 0.25) is 0 Å². The number of carbonyl (C=O) groups excluding carboxylic acids is 1. The summed E-state index contributed by atoms with van der Waals surface area (Å²) >= 11 is 2.99. The van der Waals surface area contributed by atoms with Crippen molar-refractivity contribution in [3.63, 3.8) is 0 Å². The molecule has 5 rings (SSSR count). The summed E-state index contributed by atoms with van der Waals surface area (Å²) in [5.74, 6) is 1.66. The van der Waals surface area contributed by atoms with Gasteiger partial charge in [-0.05, 0) is 23.6 Å². The molecule has 3 aromatic rings. The fourth-order valence-electron chi connectivity index (χ4n) is 3.70. The van der Waals surface area contributed by atoms with E-state index in [0.717, 1.165) is 35.4 Å². The van der Waals surface area contributed by atoms with Crippen LogP contribution in [-0.2, 0) is 16.6 Å². The van der Waals surface area contributed by atoms with Crippen LogP contribution in [-0.4, -0.2) is 63.4 Å². The smallest absolute Gasteiger partial charge is 0.253 e. The van der Waals surface area contributed by atoms with Crippen LogP contribution >= 0.6 is 23.1 Å². The Hall–Kier alpha value is -2.63. The van der Waals surface area contributed by atoms with E-state index in [4.69, 9.17) is 9.15 Å². The molecule has 1 amide bonds. The van der Waals surface area contributed by atoms with Gasteiger partial charge in [0.05, 0.1) is 35.8 Å². The van der Waals surface area contributed by atoms with Crippen LogP contribution in [0.1, 0.15) is 23.1 Å². The van der Waals surface area contributed by atoms with Crippen molar-refractivity contribution in [3.8, 4) is 0 Å². The van der Waals surface area contributed by atoms with E-state index in [0.29, 0.717) is 24.8 Å². The normalized spacial score (nSPS) is 19.1. The summed E-state index contributed by atoms with van der Waals surface area (Å²) in [5.41, 5.74) is 0.906. The number of ether oxygens (including phenoxy) is 1. The second kappa shape index (κ2) is 8.85. The molecule has 1 fully saturated rings. The number of aromatic nitrogens is 3. The highest BCUT2D eigenvalue weighted by atomic mass is 32.2. The Morgan fingerprint density at radius 2 is 2.13 bits per heavy atom. The van der Waals surface area contributed by atoms with Crippen LogP contribution in [0.5, 0.6) is 0 Å². The second-order valence-corrected chi connectivity index (χ2v) is 9.12. The van der Waals surface area contributed by atoms with Gasteiger partial charge in [-0.2, -0.15) is 5.10 Å². The summed E-state index contributed by atoms with van der Waals surface area (Å²) in [6.07, 6.45) is 2.26. The van der Waals surface area contributed by atoms with Gasteiger partial charge in [0.1, 0.15) is 11.8 Å². The van der Waals surface area contributed by atoms with Gasteiger partial charge in [0, 0.05) is 26.6 Å². The first kappa shape index (κ1) is 20.3. The highest BCUT2D eigenvalue weighted by molar-refractivity contribution is 7.99. The zero-order valence-corrected chi connectivity index (χ0v) is 18.6. The molecule has 2 aliphatic heterocycles. The fraction of sp³-hybridized carbons (Fsp3) is 0.400. The van der Waals surface area contributed by atoms with E-state index in [1.54, 1.807) is 22.6 Å². The molecule has 5 heterocycles. The van der Waals surface area contributed by atoms with Gasteiger partial charge in [-0.1, -0.05) is 17.8 Å². The molecule has 1 unspecified atom stereocenters. The lowest BCUT2D eigenvalue weighted by molar-refractivity contribution is -0.130. The molecule has 0 N–H and O–H groups in total. The number of hydrogen-bond acceptors (Lipinski definition) is 9. The SMILES string of the molecule is Cn1c(SCC(=O)N2N=C(c3cccs3)CC2c2ccco2)nnc1N1CCOCC1. The zero-order valence-electron chi connectivity index (χ0n) is 17.0. The van der Waals surface area contributed by atoms with Gasteiger partial charge in [0.2, 0.25) is 5.95 Å². The standard InChI is InChI=1S/C20H22N6O3S2/c1-24-19(25-6-9-28-10-7-25)21-22-20(24)31-13-18(27)26-15(16-4-2-8-29-16)12-14(23-26)17-5-3-11-30-17/h2-5,8,11,15H,6-7,9-10,12-13H2,1H3. The van der Waals surface area contributed by atoms with Crippen LogP contribution in [0.4, 0.5) is 5.95 Å². The zero-order chi connectivity index (χ0) is 21.2. The van der Waals surface area contributed by atoms with Gasteiger partial charge in [0.15, 0.2) is 5.16 Å². The summed E-state index contributed by atoms with van der Waals surface area (Å²) in [7, 11) is 1.92. The molecule has 3 aromatic heterocycles. The Morgan fingerprint density at radius 1 is 1.26 bits per heavy atom. The summed E-state index contributed by atoms with van der Waals surface area (Å²) in [4.78, 5) is 16.4. The highest BCUT2D eigenvalue weighted by Crippen LogP contribution is 2.35. The Labute approximate surface area is 187 Å². The van der Waals surface area contributed by atoms with Crippen molar-refractivity contribution >= 4 is 40.7 Å². The lowest BCUT2D eigenvalue weighted by Gasteiger charge is -2.27. The minimum atomic E-state index is -0.233. The first-order valence-corrected chi connectivity index (χ1v) is 11.9. The van der Waals surface area contributed by atoms with Crippen LogP contribution < -0.4 is 4.90 Å². The largest absolute Gasteiger partial charge is 0.467 e. The number of carbonyl (C=O) groups is 1. The number of nitrogens with zero attached hydrogens (tertiary/aromatic N) is 6. The maximum atomic E-state index is 13.1. The van der Waals surface area contributed by atoms with Gasteiger partial charge < -0.3 is 14.1 Å². The predicted octanol–water partition coefficient (Wildman–Crippen LogP) is 2.78. The Balaban J connectivity index is 1.30. The Bertz CT molecular complexity index is 1060. The molecule has 31 heavy (non-hydrogen) atoms. The molecular formula is C20H22N6O3S2. The summed E-state index contributed by atoms with van der Waals surface area (Å²) in [6.45, 7) is 2.94. The summed E-state index contributed by atoms with van der Waals surface area (Å²) in [6, 6.07) is 7.51. The van der Waals surface area contributed by atoms with Crippen molar-refractivity contribution < 1.29 is 13.9 Å². The number of thiophene rings is 1. The molecule has 0 saturated carbocycles. The number of thioether (sulfide) groups is 1. The molecule has 9 nitrogen and oxygen atoms in total. The molecule has 1 atom stereocenters. The first-order valence-electron chi connectivity index (χ1n) is 10.0. The molecule has 2 aliphatic rings. The molecule has 162 valence electrons. The molecule has 0 aliphatic carbocycles. The molecule has 1 saturated heterocycles. The van der Waals surface area contributed by atoms with Crippen LogP contribution in [0.15, 0.2) is 50.6 Å². The lowest BCUT2D eigenvalue weighted by atomic mass is 10.1. The molecule has 0 bridgehead atoms. The molecule has 0 radical (unpaired) electrons. The van der Waals surface area contributed by atoms with Crippen LogP contribution in [0, 0.1) is 0 Å². The van der Waals surface area contributed by atoms with Crippen molar-refractivity contribution in [1.29, 1.82) is 0 Å². The monoisotopic (exact) mass is 458 g/mol. The third-order valence-electron chi connectivity index (χ3n) is 5.27. The summed E-state index contributed by atoms with van der Waals surface area (Å²) < 4.78 is 12.9. The number of rotatable bonds is 6. The topological polar surface area (TPSA) is 89.0 Å². The second-order valence-electron chi connectivity index (χ2n) is 7.23. The van der Waals surface area contributed by atoms with E-state index in [1.165, 1.54) is 11.8 Å². The van der Waals surface area contributed by atoms with Crippen molar-refractivity contribution in [1.82, 2.24) is 19.8 Å². The molecule has 0 aromatic carbocycles. The lowest BCUT2D eigenvalue weighted by Crippen LogP contribution is -2.37. The average Bonchev–Trinajstić information content (AvgIpc) is 3.59. The van der Waals surface area contributed by atoms with Crippen LogP contribution in [0.25, 0.3) is 0 Å². The van der Waals surface area contributed by atoms with E-state index in [-0.39, 0.29) is 17.7 Å². The molecule has 0 spiro atoms. The highest BCUT2D eigenvalue weighted by Gasteiger charge is 2.35. The average molecular weight is 459 g/mol. The Kier molecular flexibility index (Phi) is 5.79. The Morgan fingerprint density at radius 3 is 2.87 bits per heavy atom. The molecular weight excluding hydrogens is 436 g/mol. The molecule has 11 heteroatoms.